The summed E-state index contributed by atoms with van der Waals surface area (Å²) in [6.07, 6.45) is 2.07. The second kappa shape index (κ2) is 7.79. The summed E-state index contributed by atoms with van der Waals surface area (Å²) in [7, 11) is 0. The van der Waals surface area contributed by atoms with Gasteiger partial charge in [0, 0.05) is 11.7 Å². The molecule has 1 fully saturated rings. The molecule has 1 aliphatic rings. The van der Waals surface area contributed by atoms with Gasteiger partial charge in [-0.1, -0.05) is 39.0 Å². The maximum Gasteiger partial charge on any atom is 0.320 e. The Labute approximate surface area is 144 Å². The normalized spacial score (nSPS) is 14.5. The summed E-state index contributed by atoms with van der Waals surface area (Å²) in [5.74, 6) is -0.366. The number of para-hydroxylation sites is 1. The molecule has 0 bridgehead atoms. The monoisotopic (exact) mass is 332 g/mol. The van der Waals surface area contributed by atoms with E-state index in [1.807, 2.05) is 29.2 Å². The number of nitrogens with one attached hydrogen (secondary N) is 1. The second-order valence-corrected chi connectivity index (χ2v) is 7.28. The molecule has 1 aromatic rings. The van der Waals surface area contributed by atoms with E-state index in [-0.39, 0.29) is 30.4 Å². The highest BCUT2D eigenvalue weighted by Crippen LogP contribution is 2.30. The van der Waals surface area contributed by atoms with Crippen LogP contribution < -0.4 is 5.32 Å². The summed E-state index contributed by atoms with van der Waals surface area (Å²) >= 11 is 0. The molecule has 1 aromatic carbocycles. The Morgan fingerprint density at radius 2 is 1.88 bits per heavy atom. The molecule has 0 heterocycles. The third kappa shape index (κ3) is 5.34. The van der Waals surface area contributed by atoms with E-state index >= 15 is 0 Å². The number of nitrogens with zero attached hydrogens (tertiary/aromatic N) is 1. The lowest BCUT2D eigenvalue weighted by Gasteiger charge is -2.24. The quantitative estimate of drug-likeness (QED) is 0.780. The van der Waals surface area contributed by atoms with Gasteiger partial charge in [-0.2, -0.15) is 0 Å². The van der Waals surface area contributed by atoms with Gasteiger partial charge in [-0.25, -0.2) is 0 Å². The van der Waals surface area contributed by atoms with Gasteiger partial charge in [-0.3, -0.25) is 14.5 Å². The van der Waals surface area contributed by atoms with Gasteiger partial charge in [-0.15, -0.1) is 0 Å². The van der Waals surface area contributed by atoms with E-state index in [1.54, 1.807) is 6.92 Å². The molecule has 24 heavy (non-hydrogen) atoms. The molecule has 5 heteroatoms. The van der Waals surface area contributed by atoms with Crippen molar-refractivity contribution in [2.24, 2.45) is 0 Å². The van der Waals surface area contributed by atoms with Crippen LogP contribution in [-0.4, -0.2) is 42.5 Å². The SMILES string of the molecule is CCOC(=O)CN(CC(=O)Nc1ccccc1C(C)(C)C)C1CC1. The topological polar surface area (TPSA) is 58.6 Å². The van der Waals surface area contributed by atoms with Crippen LogP contribution in [0.4, 0.5) is 5.69 Å². The van der Waals surface area contributed by atoms with Crippen molar-refractivity contribution in [3.8, 4) is 0 Å². The zero-order valence-electron chi connectivity index (χ0n) is 15.1. The molecule has 0 spiro atoms. The summed E-state index contributed by atoms with van der Waals surface area (Å²) in [6, 6.07) is 8.17. The standard InChI is InChI=1S/C19H28N2O3/c1-5-24-18(23)13-21(14-10-11-14)12-17(22)20-16-9-7-6-8-15(16)19(2,3)4/h6-9,14H,5,10-13H2,1-4H3,(H,20,22). The van der Waals surface area contributed by atoms with Gasteiger partial charge in [0.25, 0.3) is 0 Å². The number of esters is 1. The van der Waals surface area contributed by atoms with E-state index in [0.717, 1.165) is 24.1 Å². The Morgan fingerprint density at radius 3 is 2.46 bits per heavy atom. The fourth-order valence-corrected chi connectivity index (χ4v) is 2.75. The van der Waals surface area contributed by atoms with E-state index in [2.05, 4.69) is 26.1 Å². The molecule has 0 radical (unpaired) electrons. The van der Waals surface area contributed by atoms with E-state index in [4.69, 9.17) is 4.74 Å². The molecule has 5 nitrogen and oxygen atoms in total. The predicted octanol–water partition coefficient (Wildman–Crippen LogP) is 2.95. The van der Waals surface area contributed by atoms with E-state index < -0.39 is 0 Å². The number of carbonyl (C=O) groups excluding carboxylic acids is 2. The smallest absolute Gasteiger partial charge is 0.320 e. The van der Waals surface area contributed by atoms with Gasteiger partial charge >= 0.3 is 5.97 Å². The van der Waals surface area contributed by atoms with Crippen LogP contribution in [-0.2, 0) is 19.7 Å². The van der Waals surface area contributed by atoms with Crippen molar-refractivity contribution < 1.29 is 14.3 Å². The summed E-state index contributed by atoms with van der Waals surface area (Å²) in [5.41, 5.74) is 1.88. The van der Waals surface area contributed by atoms with Crippen molar-refractivity contribution in [2.45, 2.75) is 52.0 Å². The third-order valence-corrected chi connectivity index (χ3v) is 4.06. The first kappa shape index (κ1) is 18.5. The molecule has 2 rings (SSSR count). The maximum absolute atomic E-state index is 12.5. The van der Waals surface area contributed by atoms with Crippen molar-refractivity contribution in [2.75, 3.05) is 25.0 Å². The average Bonchev–Trinajstić information content (AvgIpc) is 3.30. The molecule has 1 amide bonds. The Hall–Kier alpha value is -1.88. The Kier molecular flexibility index (Phi) is 5.99. The van der Waals surface area contributed by atoms with Crippen LogP contribution in [0.15, 0.2) is 24.3 Å². The van der Waals surface area contributed by atoms with Crippen LogP contribution >= 0.6 is 0 Å². The molecule has 0 aromatic heterocycles. The van der Waals surface area contributed by atoms with E-state index in [0.29, 0.717) is 12.6 Å². The van der Waals surface area contributed by atoms with Crippen molar-refractivity contribution >= 4 is 17.6 Å². The van der Waals surface area contributed by atoms with Gasteiger partial charge in [0.15, 0.2) is 0 Å². The van der Waals surface area contributed by atoms with Gasteiger partial charge < -0.3 is 10.1 Å². The van der Waals surface area contributed by atoms with Crippen LogP contribution in [0.25, 0.3) is 0 Å². The molecule has 1 saturated carbocycles. The number of rotatable bonds is 7. The van der Waals surface area contributed by atoms with Crippen molar-refractivity contribution in [1.29, 1.82) is 0 Å². The number of benzene rings is 1. The lowest BCUT2D eigenvalue weighted by Crippen LogP contribution is -2.39. The number of ether oxygens (including phenoxy) is 1. The Morgan fingerprint density at radius 1 is 1.21 bits per heavy atom. The third-order valence-electron chi connectivity index (χ3n) is 4.06. The van der Waals surface area contributed by atoms with Crippen LogP contribution in [0.1, 0.15) is 46.1 Å². The molecule has 0 saturated heterocycles. The largest absolute Gasteiger partial charge is 0.465 e. The van der Waals surface area contributed by atoms with Gasteiger partial charge in [0.1, 0.15) is 0 Å². The Balaban J connectivity index is 2.00. The summed E-state index contributed by atoms with van der Waals surface area (Å²) in [4.78, 5) is 26.1. The summed E-state index contributed by atoms with van der Waals surface area (Å²) in [5, 5.41) is 3.00. The number of hydrogen-bond donors (Lipinski definition) is 1. The number of hydrogen-bond acceptors (Lipinski definition) is 4. The predicted molar refractivity (Wildman–Crippen MR) is 95.0 cm³/mol. The van der Waals surface area contributed by atoms with Crippen LogP contribution in [0, 0.1) is 0 Å². The number of amides is 1. The van der Waals surface area contributed by atoms with Gasteiger partial charge in [0.2, 0.25) is 5.91 Å². The van der Waals surface area contributed by atoms with Crippen molar-refractivity contribution in [3.63, 3.8) is 0 Å². The minimum atomic E-state index is -0.271. The molecule has 0 unspecified atom stereocenters. The zero-order valence-corrected chi connectivity index (χ0v) is 15.1. The van der Waals surface area contributed by atoms with Crippen LogP contribution in [0.3, 0.4) is 0 Å². The van der Waals surface area contributed by atoms with Crippen LogP contribution in [0.5, 0.6) is 0 Å². The second-order valence-electron chi connectivity index (χ2n) is 7.28. The highest BCUT2D eigenvalue weighted by atomic mass is 16.5. The van der Waals surface area contributed by atoms with E-state index in [9.17, 15) is 9.59 Å². The molecule has 1 N–H and O–H groups in total. The fraction of sp³-hybridized carbons (Fsp3) is 0.579. The maximum atomic E-state index is 12.5. The average molecular weight is 332 g/mol. The highest BCUT2D eigenvalue weighted by Gasteiger charge is 2.32. The lowest BCUT2D eigenvalue weighted by molar-refractivity contribution is -0.144. The summed E-state index contributed by atoms with van der Waals surface area (Å²) in [6.45, 7) is 8.90. The molecule has 0 atom stereocenters. The lowest BCUT2D eigenvalue weighted by atomic mass is 9.86. The highest BCUT2D eigenvalue weighted by molar-refractivity contribution is 5.93. The zero-order chi connectivity index (χ0) is 17.7. The first-order valence-corrected chi connectivity index (χ1v) is 8.60. The van der Waals surface area contributed by atoms with Crippen molar-refractivity contribution in [1.82, 2.24) is 4.90 Å². The summed E-state index contributed by atoms with van der Waals surface area (Å²) < 4.78 is 5.00. The molecular weight excluding hydrogens is 304 g/mol. The molecular formula is C19H28N2O3. The van der Waals surface area contributed by atoms with Gasteiger partial charge in [0.05, 0.1) is 19.7 Å². The minimum Gasteiger partial charge on any atom is -0.465 e. The van der Waals surface area contributed by atoms with Crippen LogP contribution in [0.2, 0.25) is 0 Å². The first-order chi connectivity index (χ1) is 11.3. The molecule has 0 aliphatic heterocycles. The molecule has 132 valence electrons. The first-order valence-electron chi connectivity index (χ1n) is 8.60. The van der Waals surface area contributed by atoms with Gasteiger partial charge in [-0.05, 0) is 36.8 Å². The minimum absolute atomic E-state index is 0.0506. The number of carbonyl (C=O) groups is 2. The van der Waals surface area contributed by atoms with Crippen molar-refractivity contribution in [3.05, 3.63) is 29.8 Å². The Bertz CT molecular complexity index is 589. The molecule has 1 aliphatic carbocycles. The van der Waals surface area contributed by atoms with E-state index in [1.165, 1.54) is 0 Å². The number of anilines is 1. The fourth-order valence-electron chi connectivity index (χ4n) is 2.75.